The second kappa shape index (κ2) is 7.76. The Morgan fingerprint density at radius 3 is 2.79 bits per heavy atom. The monoisotopic (exact) mass is 338 g/mol. The number of piperidine rings is 1. The van der Waals surface area contributed by atoms with E-state index in [9.17, 15) is 18.8 Å². The first-order chi connectivity index (χ1) is 11.4. The van der Waals surface area contributed by atoms with Gasteiger partial charge in [-0.15, -0.1) is 0 Å². The highest BCUT2D eigenvalue weighted by molar-refractivity contribution is 5.90. The predicted octanol–water partition coefficient (Wildman–Crippen LogP) is 1.87. The van der Waals surface area contributed by atoms with Crippen LogP contribution in [0.3, 0.4) is 0 Å². The molecule has 1 fully saturated rings. The summed E-state index contributed by atoms with van der Waals surface area (Å²) in [5, 5.41) is 11.6. The van der Waals surface area contributed by atoms with Crippen LogP contribution in [0.1, 0.15) is 18.4 Å². The van der Waals surface area contributed by atoms with Crippen LogP contribution < -0.4 is 5.32 Å². The van der Waals surface area contributed by atoms with E-state index in [-0.39, 0.29) is 24.2 Å². The Morgan fingerprint density at radius 1 is 1.42 bits per heavy atom. The summed E-state index contributed by atoms with van der Waals surface area (Å²) in [7, 11) is 1.22. The van der Waals surface area contributed by atoms with Crippen molar-refractivity contribution < 1.29 is 28.6 Å². The van der Waals surface area contributed by atoms with Crippen LogP contribution in [-0.2, 0) is 20.7 Å². The van der Waals surface area contributed by atoms with E-state index in [1.54, 1.807) is 0 Å². The number of hydrogen-bond donors (Lipinski definition) is 2. The van der Waals surface area contributed by atoms with Gasteiger partial charge in [0, 0.05) is 18.8 Å². The molecule has 1 heterocycles. The van der Waals surface area contributed by atoms with Crippen molar-refractivity contribution in [3.05, 3.63) is 29.6 Å². The number of urea groups is 1. The highest BCUT2D eigenvalue weighted by atomic mass is 19.1. The number of rotatable bonds is 4. The molecule has 1 aromatic rings. The first-order valence-corrected chi connectivity index (χ1v) is 7.54. The van der Waals surface area contributed by atoms with Crippen molar-refractivity contribution in [3.8, 4) is 0 Å². The summed E-state index contributed by atoms with van der Waals surface area (Å²) in [6.07, 6.45) is 0.954. The molecule has 0 aromatic heterocycles. The van der Waals surface area contributed by atoms with Crippen molar-refractivity contribution in [2.24, 2.45) is 5.92 Å². The van der Waals surface area contributed by atoms with Crippen molar-refractivity contribution in [1.82, 2.24) is 4.90 Å². The molecule has 1 unspecified atom stereocenters. The van der Waals surface area contributed by atoms with Gasteiger partial charge in [-0.05, 0) is 30.5 Å². The lowest BCUT2D eigenvalue weighted by Crippen LogP contribution is -2.44. The lowest BCUT2D eigenvalue weighted by atomic mass is 9.99. The maximum atomic E-state index is 14.0. The molecule has 1 saturated heterocycles. The molecule has 7 nitrogen and oxygen atoms in total. The van der Waals surface area contributed by atoms with Crippen LogP contribution in [0, 0.1) is 11.7 Å². The molecule has 0 aliphatic carbocycles. The molecular formula is C16H19FN2O5. The van der Waals surface area contributed by atoms with Crippen LogP contribution in [0.2, 0.25) is 0 Å². The topological polar surface area (TPSA) is 95.9 Å². The number of carbonyl (C=O) groups excluding carboxylic acids is 2. The number of amides is 2. The largest absolute Gasteiger partial charge is 0.481 e. The minimum Gasteiger partial charge on any atom is -0.481 e. The first-order valence-electron chi connectivity index (χ1n) is 7.54. The maximum absolute atomic E-state index is 14.0. The average molecular weight is 338 g/mol. The van der Waals surface area contributed by atoms with E-state index in [0.29, 0.717) is 19.4 Å². The second-order valence-electron chi connectivity index (χ2n) is 5.61. The van der Waals surface area contributed by atoms with Gasteiger partial charge in [0.1, 0.15) is 5.82 Å². The number of halogens is 1. The molecule has 130 valence electrons. The van der Waals surface area contributed by atoms with Crippen LogP contribution in [0.25, 0.3) is 0 Å². The van der Waals surface area contributed by atoms with Gasteiger partial charge in [-0.1, -0.05) is 6.07 Å². The molecule has 0 bridgehead atoms. The number of esters is 1. The Balaban J connectivity index is 2.00. The summed E-state index contributed by atoms with van der Waals surface area (Å²) in [6, 6.07) is 3.53. The Labute approximate surface area is 138 Å². The van der Waals surface area contributed by atoms with Gasteiger partial charge in [0.2, 0.25) is 0 Å². The Bertz CT molecular complexity index is 649. The third-order valence-corrected chi connectivity index (χ3v) is 3.92. The molecule has 0 spiro atoms. The minimum atomic E-state index is -0.925. The number of likely N-dealkylation sites (tertiary alicyclic amines) is 1. The fourth-order valence-electron chi connectivity index (χ4n) is 2.56. The summed E-state index contributed by atoms with van der Waals surface area (Å²) < 4.78 is 18.4. The van der Waals surface area contributed by atoms with E-state index in [4.69, 9.17) is 5.11 Å². The molecule has 0 saturated carbocycles. The van der Waals surface area contributed by atoms with Gasteiger partial charge < -0.3 is 20.1 Å². The fourth-order valence-corrected chi connectivity index (χ4v) is 2.56. The zero-order chi connectivity index (χ0) is 17.7. The number of methoxy groups -OCH3 is 1. The van der Waals surface area contributed by atoms with Gasteiger partial charge in [0.15, 0.2) is 0 Å². The number of nitrogens with one attached hydrogen (secondary N) is 1. The van der Waals surface area contributed by atoms with Gasteiger partial charge >= 0.3 is 18.0 Å². The third kappa shape index (κ3) is 4.43. The van der Waals surface area contributed by atoms with Gasteiger partial charge in [-0.3, -0.25) is 9.59 Å². The smallest absolute Gasteiger partial charge is 0.321 e. The summed E-state index contributed by atoms with van der Waals surface area (Å²) >= 11 is 0. The standard InChI is InChI=1S/C16H19FN2O5/c1-24-14(20)7-10-4-5-12(8-13(10)17)18-16(23)19-6-2-3-11(9-19)15(21)22/h4-5,8,11H,2-3,6-7,9H2,1H3,(H,18,23)(H,21,22). The maximum Gasteiger partial charge on any atom is 0.321 e. The third-order valence-electron chi connectivity index (χ3n) is 3.92. The second-order valence-corrected chi connectivity index (χ2v) is 5.61. The number of benzene rings is 1. The number of hydrogen-bond acceptors (Lipinski definition) is 4. The molecule has 2 N–H and O–H groups in total. The summed E-state index contributed by atoms with van der Waals surface area (Å²) in [6.45, 7) is 0.586. The van der Waals surface area contributed by atoms with Crippen molar-refractivity contribution in [2.75, 3.05) is 25.5 Å². The highest BCUT2D eigenvalue weighted by Gasteiger charge is 2.28. The van der Waals surface area contributed by atoms with Gasteiger partial charge in [0.05, 0.1) is 19.4 Å². The molecule has 1 aliphatic rings. The predicted molar refractivity (Wildman–Crippen MR) is 83.1 cm³/mol. The lowest BCUT2D eigenvalue weighted by Gasteiger charge is -2.30. The van der Waals surface area contributed by atoms with E-state index < -0.39 is 29.7 Å². The first kappa shape index (κ1) is 17.7. The molecule has 2 rings (SSSR count). The summed E-state index contributed by atoms with van der Waals surface area (Å²) in [5.41, 5.74) is 0.410. The number of anilines is 1. The Morgan fingerprint density at radius 2 is 2.17 bits per heavy atom. The number of carboxylic acid groups (broad SMARTS) is 1. The quantitative estimate of drug-likeness (QED) is 0.817. The van der Waals surface area contributed by atoms with Gasteiger partial charge in [0.25, 0.3) is 0 Å². The zero-order valence-corrected chi connectivity index (χ0v) is 13.3. The van der Waals surface area contributed by atoms with E-state index in [2.05, 4.69) is 10.1 Å². The van der Waals surface area contributed by atoms with E-state index in [1.807, 2.05) is 0 Å². The summed E-state index contributed by atoms with van der Waals surface area (Å²) in [4.78, 5) is 35.8. The molecule has 1 atom stereocenters. The van der Waals surface area contributed by atoms with Crippen LogP contribution >= 0.6 is 0 Å². The van der Waals surface area contributed by atoms with Crippen molar-refractivity contribution in [2.45, 2.75) is 19.3 Å². The fraction of sp³-hybridized carbons (Fsp3) is 0.438. The van der Waals surface area contributed by atoms with E-state index >= 15 is 0 Å². The molecule has 1 aliphatic heterocycles. The highest BCUT2D eigenvalue weighted by Crippen LogP contribution is 2.19. The number of carbonyl (C=O) groups is 3. The molecular weight excluding hydrogens is 319 g/mol. The van der Waals surface area contributed by atoms with Crippen LogP contribution in [0.15, 0.2) is 18.2 Å². The van der Waals surface area contributed by atoms with E-state index in [1.165, 1.54) is 24.1 Å². The molecule has 8 heteroatoms. The number of aliphatic carboxylic acids is 1. The van der Waals surface area contributed by atoms with Crippen LogP contribution in [-0.4, -0.2) is 48.2 Å². The van der Waals surface area contributed by atoms with Crippen molar-refractivity contribution in [3.63, 3.8) is 0 Å². The Hall–Kier alpha value is -2.64. The SMILES string of the molecule is COC(=O)Cc1ccc(NC(=O)N2CCCC(C(=O)O)C2)cc1F. The van der Waals surface area contributed by atoms with Crippen LogP contribution in [0.5, 0.6) is 0 Å². The Kier molecular flexibility index (Phi) is 5.73. The number of nitrogens with zero attached hydrogens (tertiary/aromatic N) is 1. The minimum absolute atomic E-state index is 0.129. The number of ether oxygens (including phenoxy) is 1. The normalized spacial score (nSPS) is 17.2. The zero-order valence-electron chi connectivity index (χ0n) is 13.3. The van der Waals surface area contributed by atoms with Gasteiger partial charge in [-0.25, -0.2) is 9.18 Å². The van der Waals surface area contributed by atoms with E-state index in [0.717, 1.165) is 6.07 Å². The number of carboxylic acids is 1. The van der Waals surface area contributed by atoms with Gasteiger partial charge in [-0.2, -0.15) is 0 Å². The van der Waals surface area contributed by atoms with Crippen molar-refractivity contribution in [1.29, 1.82) is 0 Å². The molecule has 24 heavy (non-hydrogen) atoms. The summed E-state index contributed by atoms with van der Waals surface area (Å²) in [5.74, 6) is -2.69. The van der Waals surface area contributed by atoms with Crippen molar-refractivity contribution >= 4 is 23.7 Å². The molecule has 2 amide bonds. The molecule has 0 radical (unpaired) electrons. The lowest BCUT2D eigenvalue weighted by molar-refractivity contribution is -0.143. The average Bonchev–Trinajstić information content (AvgIpc) is 2.57. The molecule has 1 aromatic carbocycles. The van der Waals surface area contributed by atoms with Crippen LogP contribution in [0.4, 0.5) is 14.9 Å².